The molecule has 0 aliphatic heterocycles. The van der Waals surface area contributed by atoms with E-state index in [0.29, 0.717) is 6.04 Å². The van der Waals surface area contributed by atoms with E-state index >= 15 is 0 Å². The van der Waals surface area contributed by atoms with Gasteiger partial charge in [0.15, 0.2) is 0 Å². The molecule has 0 spiro atoms. The fourth-order valence-corrected chi connectivity index (χ4v) is 2.02. The van der Waals surface area contributed by atoms with Gasteiger partial charge in [-0.15, -0.1) is 11.3 Å². The summed E-state index contributed by atoms with van der Waals surface area (Å²) in [6.07, 6.45) is 4.09. The van der Waals surface area contributed by atoms with Crippen LogP contribution in [0.3, 0.4) is 0 Å². The smallest absolute Gasteiger partial charge is 0.0940 e. The second kappa shape index (κ2) is 6.11. The van der Waals surface area contributed by atoms with E-state index < -0.39 is 0 Å². The Labute approximate surface area is 90.2 Å². The Hall–Kier alpha value is -0.450. The lowest BCUT2D eigenvalue weighted by molar-refractivity contribution is 0.364. The number of rotatable bonds is 6. The number of hydrogen-bond donors (Lipinski definition) is 1. The standard InChI is InChI=1S/C10H19N3S/c1-11-9(4-6-13(2)3)8-10-12-5-7-14-10/h5,7,9,11H,4,6,8H2,1-3H3. The molecule has 0 aromatic carbocycles. The Morgan fingerprint density at radius 3 is 2.86 bits per heavy atom. The minimum absolute atomic E-state index is 0.545. The summed E-state index contributed by atoms with van der Waals surface area (Å²) in [5.41, 5.74) is 0. The second-order valence-corrected chi connectivity index (χ2v) is 4.69. The van der Waals surface area contributed by atoms with E-state index in [-0.39, 0.29) is 0 Å². The Balaban J connectivity index is 2.32. The number of likely N-dealkylation sites (N-methyl/N-ethyl adjacent to an activating group) is 1. The number of nitrogens with zero attached hydrogens (tertiary/aromatic N) is 2. The lowest BCUT2D eigenvalue weighted by Gasteiger charge is -2.17. The highest BCUT2D eigenvalue weighted by Gasteiger charge is 2.08. The molecule has 1 aromatic heterocycles. The molecule has 1 heterocycles. The first kappa shape index (κ1) is 11.6. The zero-order valence-corrected chi connectivity index (χ0v) is 9.97. The lowest BCUT2D eigenvalue weighted by atomic mass is 10.1. The molecular weight excluding hydrogens is 194 g/mol. The van der Waals surface area contributed by atoms with E-state index in [4.69, 9.17) is 0 Å². The molecule has 0 radical (unpaired) electrons. The molecule has 0 aliphatic rings. The third-order valence-electron chi connectivity index (χ3n) is 2.24. The van der Waals surface area contributed by atoms with Crippen LogP contribution in [0, 0.1) is 0 Å². The molecule has 1 N–H and O–H groups in total. The fourth-order valence-electron chi connectivity index (χ4n) is 1.33. The van der Waals surface area contributed by atoms with Crippen molar-refractivity contribution in [2.75, 3.05) is 27.7 Å². The van der Waals surface area contributed by atoms with Gasteiger partial charge in [-0.2, -0.15) is 0 Å². The highest BCUT2D eigenvalue weighted by Crippen LogP contribution is 2.08. The summed E-state index contributed by atoms with van der Waals surface area (Å²) in [7, 11) is 6.24. The van der Waals surface area contributed by atoms with Crippen LogP contribution in [0.25, 0.3) is 0 Å². The molecule has 0 bridgehead atoms. The summed E-state index contributed by atoms with van der Waals surface area (Å²) in [6.45, 7) is 1.12. The summed E-state index contributed by atoms with van der Waals surface area (Å²) in [5.74, 6) is 0. The number of hydrogen-bond acceptors (Lipinski definition) is 4. The van der Waals surface area contributed by atoms with Crippen LogP contribution in [0.4, 0.5) is 0 Å². The average molecular weight is 213 g/mol. The van der Waals surface area contributed by atoms with Crippen LogP contribution >= 0.6 is 11.3 Å². The minimum atomic E-state index is 0.545. The molecule has 1 unspecified atom stereocenters. The predicted molar refractivity (Wildman–Crippen MR) is 61.8 cm³/mol. The van der Waals surface area contributed by atoms with Crippen LogP contribution in [0.5, 0.6) is 0 Å². The van der Waals surface area contributed by atoms with Gasteiger partial charge in [-0.3, -0.25) is 0 Å². The van der Waals surface area contributed by atoms with Crippen molar-refractivity contribution in [3.63, 3.8) is 0 Å². The maximum absolute atomic E-state index is 4.30. The zero-order chi connectivity index (χ0) is 10.4. The average Bonchev–Trinajstić information content (AvgIpc) is 2.64. The van der Waals surface area contributed by atoms with E-state index in [1.165, 1.54) is 11.4 Å². The van der Waals surface area contributed by atoms with Gasteiger partial charge in [-0.05, 0) is 34.1 Å². The predicted octanol–water partition coefficient (Wildman–Crippen LogP) is 1.23. The molecule has 0 saturated heterocycles. The Kier molecular flexibility index (Phi) is 5.07. The van der Waals surface area contributed by atoms with Crippen molar-refractivity contribution in [2.45, 2.75) is 18.9 Å². The van der Waals surface area contributed by atoms with Gasteiger partial charge >= 0.3 is 0 Å². The van der Waals surface area contributed by atoms with Gasteiger partial charge in [-0.1, -0.05) is 0 Å². The highest BCUT2D eigenvalue weighted by atomic mass is 32.1. The van der Waals surface area contributed by atoms with Crippen LogP contribution in [0.2, 0.25) is 0 Å². The van der Waals surface area contributed by atoms with E-state index in [0.717, 1.165) is 13.0 Å². The first-order chi connectivity index (χ1) is 6.72. The van der Waals surface area contributed by atoms with Crippen LogP contribution in [-0.4, -0.2) is 43.6 Å². The van der Waals surface area contributed by atoms with Crippen molar-refractivity contribution in [2.24, 2.45) is 0 Å². The van der Waals surface area contributed by atoms with E-state index in [1.54, 1.807) is 11.3 Å². The molecule has 0 fully saturated rings. The summed E-state index contributed by atoms with van der Waals surface area (Å²) < 4.78 is 0. The normalized spacial score (nSPS) is 13.4. The van der Waals surface area contributed by atoms with E-state index in [1.807, 2.05) is 18.6 Å². The van der Waals surface area contributed by atoms with Crippen molar-refractivity contribution in [1.29, 1.82) is 0 Å². The Morgan fingerprint density at radius 2 is 2.36 bits per heavy atom. The van der Waals surface area contributed by atoms with Crippen LogP contribution < -0.4 is 5.32 Å². The van der Waals surface area contributed by atoms with Crippen molar-refractivity contribution in [3.05, 3.63) is 16.6 Å². The van der Waals surface area contributed by atoms with Crippen LogP contribution in [0.1, 0.15) is 11.4 Å². The molecule has 1 atom stereocenters. The van der Waals surface area contributed by atoms with Crippen molar-refractivity contribution in [3.8, 4) is 0 Å². The molecule has 0 saturated carbocycles. The number of nitrogens with one attached hydrogen (secondary N) is 1. The Bertz CT molecular complexity index is 234. The molecule has 14 heavy (non-hydrogen) atoms. The second-order valence-electron chi connectivity index (χ2n) is 3.71. The minimum Gasteiger partial charge on any atom is -0.317 e. The summed E-state index contributed by atoms with van der Waals surface area (Å²) >= 11 is 1.74. The van der Waals surface area contributed by atoms with E-state index in [9.17, 15) is 0 Å². The molecule has 1 rings (SSSR count). The summed E-state index contributed by atoms with van der Waals surface area (Å²) in [4.78, 5) is 6.51. The van der Waals surface area contributed by atoms with Crippen molar-refractivity contribution < 1.29 is 0 Å². The van der Waals surface area contributed by atoms with Crippen molar-refractivity contribution >= 4 is 11.3 Å². The largest absolute Gasteiger partial charge is 0.317 e. The summed E-state index contributed by atoms with van der Waals surface area (Å²) in [5, 5.41) is 6.60. The number of aromatic nitrogens is 1. The fraction of sp³-hybridized carbons (Fsp3) is 0.700. The zero-order valence-electron chi connectivity index (χ0n) is 9.16. The maximum atomic E-state index is 4.30. The first-order valence-corrected chi connectivity index (χ1v) is 5.80. The third kappa shape index (κ3) is 4.17. The Morgan fingerprint density at radius 1 is 1.57 bits per heavy atom. The molecule has 0 aliphatic carbocycles. The molecule has 3 nitrogen and oxygen atoms in total. The van der Waals surface area contributed by atoms with Gasteiger partial charge in [-0.25, -0.2) is 4.98 Å². The molecular formula is C10H19N3S. The molecule has 0 amide bonds. The van der Waals surface area contributed by atoms with Gasteiger partial charge in [0.2, 0.25) is 0 Å². The lowest BCUT2D eigenvalue weighted by Crippen LogP contribution is -2.31. The number of thiazole rings is 1. The van der Waals surface area contributed by atoms with Gasteiger partial charge < -0.3 is 10.2 Å². The van der Waals surface area contributed by atoms with Gasteiger partial charge in [0, 0.05) is 24.0 Å². The maximum Gasteiger partial charge on any atom is 0.0940 e. The van der Waals surface area contributed by atoms with E-state index in [2.05, 4.69) is 29.3 Å². The first-order valence-electron chi connectivity index (χ1n) is 4.92. The topological polar surface area (TPSA) is 28.2 Å². The quantitative estimate of drug-likeness (QED) is 0.770. The third-order valence-corrected chi connectivity index (χ3v) is 3.04. The highest BCUT2D eigenvalue weighted by molar-refractivity contribution is 7.09. The summed E-state index contributed by atoms with van der Waals surface area (Å²) in [6, 6.07) is 0.545. The van der Waals surface area contributed by atoms with Gasteiger partial charge in [0.05, 0.1) is 5.01 Å². The van der Waals surface area contributed by atoms with Crippen LogP contribution in [-0.2, 0) is 6.42 Å². The molecule has 80 valence electrons. The monoisotopic (exact) mass is 213 g/mol. The molecule has 1 aromatic rings. The molecule has 4 heteroatoms. The van der Waals surface area contributed by atoms with Crippen LogP contribution in [0.15, 0.2) is 11.6 Å². The SMILES string of the molecule is CNC(CCN(C)C)Cc1nccs1. The van der Waals surface area contributed by atoms with Gasteiger partial charge in [0.1, 0.15) is 0 Å². The van der Waals surface area contributed by atoms with Gasteiger partial charge in [0.25, 0.3) is 0 Å². The van der Waals surface area contributed by atoms with Crippen molar-refractivity contribution in [1.82, 2.24) is 15.2 Å².